The van der Waals surface area contributed by atoms with Crippen molar-refractivity contribution in [3.05, 3.63) is 82.8 Å². The molecule has 0 unspecified atom stereocenters. The summed E-state index contributed by atoms with van der Waals surface area (Å²) in [6.45, 7) is 1.18. The van der Waals surface area contributed by atoms with Crippen LogP contribution in [-0.4, -0.2) is 35.3 Å². The van der Waals surface area contributed by atoms with Crippen LogP contribution in [0.15, 0.2) is 87.0 Å². The first-order chi connectivity index (χ1) is 17.7. The van der Waals surface area contributed by atoms with Gasteiger partial charge in [0.05, 0.1) is 12.3 Å². The van der Waals surface area contributed by atoms with Crippen LogP contribution in [0.2, 0.25) is 0 Å². The zero-order chi connectivity index (χ0) is 24.7. The fourth-order valence-corrected chi connectivity index (χ4v) is 7.20. The fraction of sp³-hybridized carbons (Fsp3) is 0.296. The van der Waals surface area contributed by atoms with Gasteiger partial charge in [-0.05, 0) is 65.6 Å². The van der Waals surface area contributed by atoms with Crippen molar-refractivity contribution in [3.8, 4) is 5.75 Å². The van der Waals surface area contributed by atoms with Crippen LogP contribution < -0.4 is 5.32 Å². The Morgan fingerprint density at radius 1 is 1.00 bits per heavy atom. The molecule has 3 aromatic rings. The molecule has 2 aliphatic heterocycles. The second kappa shape index (κ2) is 12.2. The van der Waals surface area contributed by atoms with Crippen molar-refractivity contribution in [1.29, 1.82) is 0 Å². The van der Waals surface area contributed by atoms with Crippen molar-refractivity contribution in [2.75, 3.05) is 18.5 Å². The monoisotopic (exact) mass is 541 g/mol. The lowest BCUT2D eigenvalue weighted by atomic mass is 9.95. The molecule has 2 N–H and O–H groups in total. The molecule has 0 saturated carbocycles. The maximum atomic E-state index is 12.9. The summed E-state index contributed by atoms with van der Waals surface area (Å²) in [6.07, 6.45) is 3.65. The number of unbranched alkanes of at least 4 members (excludes halogenated alkanes) is 1. The van der Waals surface area contributed by atoms with Crippen LogP contribution in [-0.2, 0) is 19.0 Å². The largest absolute Gasteiger partial charge is 0.506 e. The van der Waals surface area contributed by atoms with E-state index in [0.717, 1.165) is 18.4 Å². The summed E-state index contributed by atoms with van der Waals surface area (Å²) in [5.41, 5.74) is 1.47. The summed E-state index contributed by atoms with van der Waals surface area (Å²) in [6, 6.07) is 17.0. The third-order valence-corrected chi connectivity index (χ3v) is 9.08. The van der Waals surface area contributed by atoms with Crippen molar-refractivity contribution in [2.24, 2.45) is 0 Å². The molecule has 6 nitrogen and oxygen atoms in total. The zero-order valence-corrected chi connectivity index (χ0v) is 22.0. The molecule has 188 valence electrons. The van der Waals surface area contributed by atoms with Gasteiger partial charge >= 0.3 is 0 Å². The smallest absolute Gasteiger partial charge is 0.290 e. The third-order valence-electron chi connectivity index (χ3n) is 5.80. The van der Waals surface area contributed by atoms with Crippen LogP contribution in [0.3, 0.4) is 0 Å². The molecule has 0 spiro atoms. The summed E-state index contributed by atoms with van der Waals surface area (Å²) >= 11 is 5.13. The van der Waals surface area contributed by atoms with E-state index in [1.165, 1.54) is 15.9 Å². The molecule has 0 aliphatic carbocycles. The maximum absolute atomic E-state index is 12.9. The number of thiophene rings is 1. The van der Waals surface area contributed by atoms with E-state index in [1.807, 2.05) is 11.5 Å². The number of phenolic OH excluding ortho intramolecular Hbond substituents is 1. The van der Waals surface area contributed by atoms with Crippen molar-refractivity contribution in [2.45, 2.75) is 46.0 Å². The number of ether oxygens (including phenoxy) is 3. The van der Waals surface area contributed by atoms with Gasteiger partial charge in [-0.15, -0.1) is 0 Å². The molecule has 0 saturated heterocycles. The van der Waals surface area contributed by atoms with E-state index in [2.05, 4.69) is 41.0 Å². The minimum atomic E-state index is -0.526. The van der Waals surface area contributed by atoms with E-state index >= 15 is 0 Å². The summed E-state index contributed by atoms with van der Waals surface area (Å²) in [5.74, 6) is -0.193. The van der Waals surface area contributed by atoms with Gasteiger partial charge in [0, 0.05) is 28.7 Å². The number of carbonyl (C=O) groups is 1. The average Bonchev–Trinajstić information content (AvgIpc) is 3.57. The maximum Gasteiger partial charge on any atom is 0.290 e. The number of fused-ring (bicyclic) bond motifs is 1. The quantitative estimate of drug-likeness (QED) is 0.216. The van der Waals surface area contributed by atoms with Crippen molar-refractivity contribution in [3.63, 3.8) is 0 Å². The molecule has 2 atom stereocenters. The van der Waals surface area contributed by atoms with E-state index in [9.17, 15) is 9.90 Å². The number of amides is 1. The van der Waals surface area contributed by atoms with Gasteiger partial charge in [0.15, 0.2) is 10.5 Å². The lowest BCUT2D eigenvalue weighted by Crippen LogP contribution is -2.29. The molecule has 9 heteroatoms. The van der Waals surface area contributed by atoms with Crippen LogP contribution in [0.4, 0.5) is 5.69 Å². The second-order valence-electron chi connectivity index (χ2n) is 8.37. The Morgan fingerprint density at radius 2 is 1.72 bits per heavy atom. The molecule has 1 amide bonds. The standard InChI is InChI=1S/C27H27NO5S3/c29-21-8-2-1-7-20(21)28-26(30)22-15-19(18-11-14-34-17-18)16-25(33-22)31-12-5-6-13-32-27-35-23-9-3-4-10-24(23)36-27/h1-4,7-11,14-15,17,19,25,27,29H,5-6,12-13,16H2,(H,28,30)/t19-,25+/m0/s1. The number of rotatable bonds is 10. The van der Waals surface area contributed by atoms with Gasteiger partial charge in [-0.25, -0.2) is 0 Å². The molecule has 2 aliphatic rings. The van der Waals surface area contributed by atoms with Gasteiger partial charge in [-0.1, -0.05) is 47.8 Å². The highest BCUT2D eigenvalue weighted by atomic mass is 32.2. The highest BCUT2D eigenvalue weighted by Gasteiger charge is 2.29. The van der Waals surface area contributed by atoms with E-state index in [4.69, 9.17) is 14.2 Å². The summed E-state index contributed by atoms with van der Waals surface area (Å²) < 4.78 is 18.1. The summed E-state index contributed by atoms with van der Waals surface area (Å²) in [4.78, 5) is 15.5. The molecule has 0 bridgehead atoms. The number of phenols is 1. The molecule has 0 fully saturated rings. The highest BCUT2D eigenvalue weighted by Crippen LogP contribution is 2.48. The number of para-hydroxylation sites is 2. The molecular weight excluding hydrogens is 515 g/mol. The van der Waals surface area contributed by atoms with Gasteiger partial charge in [-0.2, -0.15) is 11.3 Å². The lowest BCUT2D eigenvalue weighted by Gasteiger charge is -2.29. The molecule has 2 aromatic carbocycles. The summed E-state index contributed by atoms with van der Waals surface area (Å²) in [5, 5.41) is 16.8. The number of hydrogen-bond donors (Lipinski definition) is 2. The number of carbonyl (C=O) groups excluding carboxylic acids is 1. The second-order valence-corrected chi connectivity index (χ2v) is 11.7. The molecule has 36 heavy (non-hydrogen) atoms. The van der Waals surface area contributed by atoms with E-state index in [1.54, 1.807) is 53.1 Å². The third kappa shape index (κ3) is 6.46. The highest BCUT2D eigenvalue weighted by molar-refractivity contribution is 8.19. The van der Waals surface area contributed by atoms with Crippen LogP contribution >= 0.6 is 34.9 Å². The molecular formula is C27H27NO5S3. The van der Waals surface area contributed by atoms with Gasteiger partial charge in [-0.3, -0.25) is 4.79 Å². The minimum Gasteiger partial charge on any atom is -0.506 e. The minimum absolute atomic E-state index is 0.00458. The SMILES string of the molecule is O=C(Nc1ccccc1O)C1=C[C@H](c2ccsc2)C[C@H](OCCCCOC2Sc3ccccc3S2)O1. The average molecular weight is 542 g/mol. The number of benzene rings is 2. The first-order valence-electron chi connectivity index (χ1n) is 11.8. The van der Waals surface area contributed by atoms with Gasteiger partial charge in [0.1, 0.15) is 5.75 Å². The number of thioether (sulfide) groups is 2. The Hall–Kier alpha value is -2.43. The number of hydrogen-bond acceptors (Lipinski definition) is 8. The van der Waals surface area contributed by atoms with Crippen LogP contribution in [0.5, 0.6) is 5.75 Å². The normalized spacial score (nSPS) is 19.4. The van der Waals surface area contributed by atoms with E-state index in [0.29, 0.717) is 25.3 Å². The molecule has 5 rings (SSSR count). The summed E-state index contributed by atoms with van der Waals surface area (Å²) in [7, 11) is 0. The molecule has 1 aromatic heterocycles. The first kappa shape index (κ1) is 25.2. The Kier molecular flexibility index (Phi) is 8.55. The van der Waals surface area contributed by atoms with E-state index < -0.39 is 12.2 Å². The van der Waals surface area contributed by atoms with Crippen LogP contribution in [0.1, 0.15) is 30.7 Å². The Bertz CT molecular complexity index is 1170. The first-order valence-corrected chi connectivity index (χ1v) is 14.5. The zero-order valence-electron chi connectivity index (χ0n) is 19.5. The number of aromatic hydroxyl groups is 1. The predicted molar refractivity (Wildman–Crippen MR) is 144 cm³/mol. The van der Waals surface area contributed by atoms with Crippen LogP contribution in [0, 0.1) is 0 Å². The Balaban J connectivity index is 1.10. The van der Waals surface area contributed by atoms with Crippen LogP contribution in [0.25, 0.3) is 0 Å². The number of nitrogens with one attached hydrogen (secondary N) is 1. The van der Waals surface area contributed by atoms with Gasteiger partial charge in [0.2, 0.25) is 6.29 Å². The van der Waals surface area contributed by atoms with Gasteiger partial charge < -0.3 is 24.6 Å². The number of anilines is 1. The molecule has 3 heterocycles. The van der Waals surface area contributed by atoms with Crippen molar-refractivity contribution in [1.82, 2.24) is 0 Å². The Morgan fingerprint density at radius 3 is 2.44 bits per heavy atom. The predicted octanol–water partition coefficient (Wildman–Crippen LogP) is 6.80. The topological polar surface area (TPSA) is 77.0 Å². The van der Waals surface area contributed by atoms with Crippen molar-refractivity contribution < 1.29 is 24.1 Å². The van der Waals surface area contributed by atoms with Gasteiger partial charge in [0.25, 0.3) is 5.91 Å². The van der Waals surface area contributed by atoms with Crippen molar-refractivity contribution >= 4 is 46.5 Å². The fourth-order valence-electron chi connectivity index (χ4n) is 3.94. The number of allylic oxidation sites excluding steroid dienone is 1. The van der Waals surface area contributed by atoms with E-state index in [-0.39, 0.29) is 22.2 Å². The molecule has 0 radical (unpaired) electrons. The Labute approximate surface area is 223 Å². The lowest BCUT2D eigenvalue weighted by molar-refractivity contribution is -0.143.